The van der Waals surface area contributed by atoms with E-state index >= 15 is 0 Å². The molecule has 0 heterocycles. The van der Waals surface area contributed by atoms with Crippen molar-refractivity contribution >= 4 is 57.5 Å². The minimum absolute atomic E-state index is 0. The van der Waals surface area contributed by atoms with Crippen molar-refractivity contribution in [3.63, 3.8) is 0 Å². The summed E-state index contributed by atoms with van der Waals surface area (Å²) in [5, 5.41) is 6.03. The van der Waals surface area contributed by atoms with Crippen LogP contribution < -0.4 is 16.4 Å². The van der Waals surface area contributed by atoms with E-state index in [2.05, 4.69) is 31.6 Å². The zero-order valence-electron chi connectivity index (χ0n) is 12.3. The molecule has 0 saturated heterocycles. The van der Waals surface area contributed by atoms with Crippen LogP contribution in [0.1, 0.15) is 32.1 Å². The molecule has 1 aromatic rings. The molecule has 0 unspecified atom stereocenters. The number of amides is 1. The first-order valence-corrected chi connectivity index (χ1v) is 8.04. The summed E-state index contributed by atoms with van der Waals surface area (Å²) in [6.45, 7) is 0.397. The number of nitrogens with two attached hydrogens (primary N) is 1. The maximum atomic E-state index is 11.8. The fourth-order valence-corrected chi connectivity index (χ4v) is 2.62. The third kappa shape index (κ3) is 6.95. The van der Waals surface area contributed by atoms with Gasteiger partial charge in [-0.2, -0.15) is 0 Å². The zero-order valence-corrected chi connectivity index (χ0v) is 16.3. The molecule has 0 aromatic heterocycles. The second-order valence-corrected chi connectivity index (χ2v) is 6.11. The van der Waals surface area contributed by atoms with Gasteiger partial charge >= 0.3 is 0 Å². The normalized spacial score (nSPS) is 15.2. The number of rotatable bonds is 5. The predicted molar refractivity (Wildman–Crippen MR) is 105 cm³/mol. The maximum absolute atomic E-state index is 11.8. The van der Waals surface area contributed by atoms with Crippen LogP contribution in [0, 0.1) is 0 Å². The minimum atomic E-state index is -0.0604. The van der Waals surface area contributed by atoms with Gasteiger partial charge in [0.05, 0.1) is 6.54 Å². The van der Waals surface area contributed by atoms with Gasteiger partial charge < -0.3 is 16.4 Å². The van der Waals surface area contributed by atoms with Crippen LogP contribution in [0.2, 0.25) is 0 Å². The van der Waals surface area contributed by atoms with Gasteiger partial charge in [-0.15, -0.1) is 24.0 Å². The van der Waals surface area contributed by atoms with Crippen LogP contribution in [-0.4, -0.2) is 24.5 Å². The Bertz CT molecular complexity index is 501. The second-order valence-electron chi connectivity index (χ2n) is 5.20. The Kier molecular flexibility index (Phi) is 8.77. The van der Waals surface area contributed by atoms with E-state index < -0.39 is 0 Å². The number of anilines is 1. The third-order valence-electron chi connectivity index (χ3n) is 3.46. The SMILES string of the molecule is I.NC(=NCCC(=O)Nc1ccc(Br)cc1)NC1CCCC1. The summed E-state index contributed by atoms with van der Waals surface area (Å²) in [4.78, 5) is 16.0. The number of carbonyl (C=O) groups is 1. The molecule has 0 bridgehead atoms. The highest BCUT2D eigenvalue weighted by Crippen LogP contribution is 2.17. The van der Waals surface area contributed by atoms with Crippen LogP contribution in [0.3, 0.4) is 0 Å². The van der Waals surface area contributed by atoms with Crippen molar-refractivity contribution in [3.05, 3.63) is 28.7 Å². The standard InChI is InChI=1S/C15H21BrN4O.HI/c16-11-5-7-13(8-6-11)19-14(21)9-10-18-15(17)20-12-3-1-2-4-12;/h5-8,12H,1-4,9-10H2,(H,19,21)(H3,17,18,20);1H. The molecule has 22 heavy (non-hydrogen) atoms. The predicted octanol–water partition coefficient (Wildman–Crippen LogP) is 3.24. The molecule has 1 aliphatic carbocycles. The minimum Gasteiger partial charge on any atom is -0.370 e. The summed E-state index contributed by atoms with van der Waals surface area (Å²) in [5.74, 6) is 0.382. The van der Waals surface area contributed by atoms with Crippen LogP contribution >= 0.6 is 39.9 Å². The van der Waals surface area contributed by atoms with Gasteiger partial charge in [-0.05, 0) is 37.1 Å². The molecule has 0 radical (unpaired) electrons. The van der Waals surface area contributed by atoms with Crippen LogP contribution in [0.15, 0.2) is 33.7 Å². The van der Waals surface area contributed by atoms with Gasteiger partial charge in [0.2, 0.25) is 5.91 Å². The Labute approximate surface area is 156 Å². The van der Waals surface area contributed by atoms with E-state index in [0.717, 1.165) is 23.0 Å². The molecular weight excluding hydrogens is 459 g/mol. The summed E-state index contributed by atoms with van der Waals surface area (Å²) < 4.78 is 0.982. The van der Waals surface area contributed by atoms with Gasteiger partial charge in [0, 0.05) is 22.6 Å². The lowest BCUT2D eigenvalue weighted by Crippen LogP contribution is -2.38. The van der Waals surface area contributed by atoms with Gasteiger partial charge in [0.25, 0.3) is 0 Å². The van der Waals surface area contributed by atoms with Gasteiger partial charge in [0.15, 0.2) is 5.96 Å². The van der Waals surface area contributed by atoms with E-state index in [0.29, 0.717) is 25.0 Å². The van der Waals surface area contributed by atoms with Crippen molar-refractivity contribution in [1.82, 2.24) is 5.32 Å². The van der Waals surface area contributed by atoms with E-state index in [1.165, 1.54) is 12.8 Å². The molecule has 1 amide bonds. The lowest BCUT2D eigenvalue weighted by molar-refractivity contribution is -0.116. The van der Waals surface area contributed by atoms with Crippen molar-refractivity contribution < 1.29 is 4.79 Å². The highest BCUT2D eigenvalue weighted by atomic mass is 127. The quantitative estimate of drug-likeness (QED) is 0.344. The Morgan fingerprint density at radius 3 is 2.55 bits per heavy atom. The monoisotopic (exact) mass is 480 g/mol. The average molecular weight is 481 g/mol. The molecule has 2 rings (SSSR count). The maximum Gasteiger partial charge on any atom is 0.226 e. The Hall–Kier alpha value is -0.830. The van der Waals surface area contributed by atoms with Crippen LogP contribution in [0.25, 0.3) is 0 Å². The number of hydrogen-bond donors (Lipinski definition) is 3. The highest BCUT2D eigenvalue weighted by Gasteiger charge is 2.14. The van der Waals surface area contributed by atoms with Gasteiger partial charge in [0.1, 0.15) is 0 Å². The fraction of sp³-hybridized carbons (Fsp3) is 0.467. The second kappa shape index (κ2) is 10.0. The summed E-state index contributed by atoms with van der Waals surface area (Å²) in [6.07, 6.45) is 5.13. The number of hydrogen-bond acceptors (Lipinski definition) is 2. The van der Waals surface area contributed by atoms with Crippen LogP contribution in [0.5, 0.6) is 0 Å². The summed E-state index contributed by atoms with van der Waals surface area (Å²) in [7, 11) is 0. The van der Waals surface area contributed by atoms with E-state index in [9.17, 15) is 4.79 Å². The molecule has 1 saturated carbocycles. The van der Waals surface area contributed by atoms with Crippen LogP contribution in [0.4, 0.5) is 5.69 Å². The van der Waals surface area contributed by atoms with Crippen LogP contribution in [-0.2, 0) is 4.79 Å². The van der Waals surface area contributed by atoms with E-state index in [1.807, 2.05) is 24.3 Å². The van der Waals surface area contributed by atoms with E-state index in [1.54, 1.807) is 0 Å². The van der Waals surface area contributed by atoms with Crippen molar-refractivity contribution in [1.29, 1.82) is 0 Å². The Morgan fingerprint density at radius 2 is 1.91 bits per heavy atom. The number of aliphatic imine (C=N–C) groups is 1. The van der Waals surface area contributed by atoms with Crippen molar-refractivity contribution in [2.75, 3.05) is 11.9 Å². The number of nitrogens with zero attached hydrogens (tertiary/aromatic N) is 1. The molecule has 1 aromatic carbocycles. The molecule has 122 valence electrons. The topological polar surface area (TPSA) is 79.5 Å². The lowest BCUT2D eigenvalue weighted by Gasteiger charge is -2.12. The molecule has 4 N–H and O–H groups in total. The molecule has 1 aliphatic rings. The van der Waals surface area contributed by atoms with Gasteiger partial charge in [-0.3, -0.25) is 9.79 Å². The summed E-state index contributed by atoms with van der Waals surface area (Å²) in [5.41, 5.74) is 6.59. The van der Waals surface area contributed by atoms with Gasteiger partial charge in [-0.1, -0.05) is 28.8 Å². The largest absolute Gasteiger partial charge is 0.370 e. The highest BCUT2D eigenvalue weighted by molar-refractivity contribution is 14.0. The van der Waals surface area contributed by atoms with E-state index in [-0.39, 0.29) is 29.9 Å². The molecule has 7 heteroatoms. The third-order valence-corrected chi connectivity index (χ3v) is 3.98. The first-order valence-electron chi connectivity index (χ1n) is 7.25. The smallest absolute Gasteiger partial charge is 0.226 e. The average Bonchev–Trinajstić information content (AvgIpc) is 2.94. The summed E-state index contributed by atoms with van der Waals surface area (Å²) in [6, 6.07) is 7.92. The molecule has 5 nitrogen and oxygen atoms in total. The number of benzene rings is 1. The first-order chi connectivity index (χ1) is 10.1. The number of halogens is 2. The van der Waals surface area contributed by atoms with E-state index in [4.69, 9.17) is 5.73 Å². The van der Waals surface area contributed by atoms with Gasteiger partial charge in [-0.25, -0.2) is 0 Å². The lowest BCUT2D eigenvalue weighted by atomic mass is 10.2. The molecule has 0 atom stereocenters. The summed E-state index contributed by atoms with van der Waals surface area (Å²) >= 11 is 3.35. The van der Waals surface area contributed by atoms with Crippen molar-refractivity contribution in [2.45, 2.75) is 38.1 Å². The number of nitrogens with one attached hydrogen (secondary N) is 2. The fourth-order valence-electron chi connectivity index (χ4n) is 2.36. The molecule has 1 fully saturated rings. The zero-order chi connectivity index (χ0) is 15.1. The van der Waals surface area contributed by atoms with Crippen molar-refractivity contribution in [2.24, 2.45) is 10.7 Å². The first kappa shape index (κ1) is 19.2. The molecular formula is C15H22BrIN4O. The Balaban J connectivity index is 0.00000242. The van der Waals surface area contributed by atoms with Crippen molar-refractivity contribution in [3.8, 4) is 0 Å². The number of carbonyl (C=O) groups excluding carboxylic acids is 1. The molecule has 0 spiro atoms. The Morgan fingerprint density at radius 1 is 1.27 bits per heavy atom. The number of guanidine groups is 1. The molecule has 0 aliphatic heterocycles.